The van der Waals surface area contributed by atoms with Crippen LogP contribution in [0.1, 0.15) is 13.3 Å². The first kappa shape index (κ1) is 11.2. The van der Waals surface area contributed by atoms with Gasteiger partial charge in [-0.25, -0.2) is 0 Å². The molecule has 0 aliphatic carbocycles. The Morgan fingerprint density at radius 1 is 1.50 bits per heavy atom. The SMILES string of the molecule is CC(=O)CCN(C)c1cccc(Br)c1. The number of benzene rings is 1. The number of anilines is 1. The molecule has 1 rings (SSSR count). The van der Waals surface area contributed by atoms with E-state index in [1.54, 1.807) is 6.92 Å². The molecule has 0 amide bonds. The van der Waals surface area contributed by atoms with Gasteiger partial charge in [0.15, 0.2) is 0 Å². The molecule has 0 aromatic heterocycles. The van der Waals surface area contributed by atoms with Crippen LogP contribution in [0.4, 0.5) is 5.69 Å². The maximum absolute atomic E-state index is 10.8. The van der Waals surface area contributed by atoms with Crippen molar-refractivity contribution in [1.29, 1.82) is 0 Å². The highest BCUT2D eigenvalue weighted by Crippen LogP contribution is 2.18. The summed E-state index contributed by atoms with van der Waals surface area (Å²) in [4.78, 5) is 12.9. The molecule has 76 valence electrons. The molecule has 14 heavy (non-hydrogen) atoms. The zero-order valence-electron chi connectivity index (χ0n) is 8.46. The number of halogens is 1. The minimum Gasteiger partial charge on any atom is -0.374 e. The summed E-state index contributed by atoms with van der Waals surface area (Å²) in [6, 6.07) is 8.05. The maximum atomic E-state index is 10.8. The third-order valence-electron chi connectivity index (χ3n) is 2.05. The topological polar surface area (TPSA) is 20.3 Å². The highest BCUT2D eigenvalue weighted by molar-refractivity contribution is 9.10. The second kappa shape index (κ2) is 5.15. The van der Waals surface area contributed by atoms with Crippen molar-refractivity contribution in [1.82, 2.24) is 0 Å². The van der Waals surface area contributed by atoms with Crippen LogP contribution in [0.5, 0.6) is 0 Å². The van der Waals surface area contributed by atoms with Crippen LogP contribution < -0.4 is 4.90 Å². The lowest BCUT2D eigenvalue weighted by Gasteiger charge is -2.18. The van der Waals surface area contributed by atoms with Gasteiger partial charge in [0.2, 0.25) is 0 Å². The van der Waals surface area contributed by atoms with Gasteiger partial charge in [0.25, 0.3) is 0 Å². The third-order valence-corrected chi connectivity index (χ3v) is 2.54. The van der Waals surface area contributed by atoms with Crippen molar-refractivity contribution < 1.29 is 4.79 Å². The van der Waals surface area contributed by atoms with Crippen LogP contribution in [0, 0.1) is 0 Å². The van der Waals surface area contributed by atoms with E-state index in [1.165, 1.54) is 0 Å². The zero-order valence-corrected chi connectivity index (χ0v) is 10.0. The number of hydrogen-bond donors (Lipinski definition) is 0. The molecule has 3 heteroatoms. The summed E-state index contributed by atoms with van der Waals surface area (Å²) in [6.07, 6.45) is 0.600. The van der Waals surface area contributed by atoms with Crippen molar-refractivity contribution >= 4 is 27.4 Å². The van der Waals surface area contributed by atoms with Gasteiger partial charge < -0.3 is 4.90 Å². The molecule has 0 aliphatic rings. The Balaban J connectivity index is 2.60. The molecule has 2 nitrogen and oxygen atoms in total. The Hall–Kier alpha value is -0.830. The quantitative estimate of drug-likeness (QED) is 0.825. The second-order valence-corrected chi connectivity index (χ2v) is 4.27. The van der Waals surface area contributed by atoms with Crippen molar-refractivity contribution in [3.05, 3.63) is 28.7 Å². The summed E-state index contributed by atoms with van der Waals surface area (Å²) in [5, 5.41) is 0. The van der Waals surface area contributed by atoms with Crippen molar-refractivity contribution in [2.75, 3.05) is 18.5 Å². The van der Waals surface area contributed by atoms with E-state index in [0.29, 0.717) is 6.42 Å². The van der Waals surface area contributed by atoms with Crippen LogP contribution in [0.2, 0.25) is 0 Å². The summed E-state index contributed by atoms with van der Waals surface area (Å²) < 4.78 is 1.06. The highest BCUT2D eigenvalue weighted by atomic mass is 79.9. The van der Waals surface area contributed by atoms with Gasteiger partial charge in [-0.2, -0.15) is 0 Å². The van der Waals surface area contributed by atoms with Crippen LogP contribution in [-0.2, 0) is 4.79 Å². The van der Waals surface area contributed by atoms with Crippen LogP contribution in [0.3, 0.4) is 0 Å². The third kappa shape index (κ3) is 3.50. The van der Waals surface area contributed by atoms with E-state index >= 15 is 0 Å². The van der Waals surface area contributed by atoms with E-state index in [4.69, 9.17) is 0 Å². The first-order chi connectivity index (χ1) is 6.59. The number of ketones is 1. The molecular formula is C11H14BrNO. The average molecular weight is 256 g/mol. The minimum atomic E-state index is 0.229. The molecular weight excluding hydrogens is 242 g/mol. The molecule has 0 heterocycles. The van der Waals surface area contributed by atoms with E-state index in [9.17, 15) is 4.79 Å². The van der Waals surface area contributed by atoms with Crippen LogP contribution >= 0.6 is 15.9 Å². The Kier molecular flexibility index (Phi) is 4.14. The Morgan fingerprint density at radius 3 is 2.79 bits per heavy atom. The lowest BCUT2D eigenvalue weighted by atomic mass is 10.2. The predicted octanol–water partition coefficient (Wildman–Crippen LogP) is 2.86. The van der Waals surface area contributed by atoms with E-state index in [2.05, 4.69) is 20.8 Å². The Bertz CT molecular complexity index is 325. The van der Waals surface area contributed by atoms with Crippen molar-refractivity contribution in [3.63, 3.8) is 0 Å². The van der Waals surface area contributed by atoms with E-state index in [1.807, 2.05) is 31.3 Å². The van der Waals surface area contributed by atoms with Gasteiger partial charge in [0.1, 0.15) is 5.78 Å². The van der Waals surface area contributed by atoms with Crippen molar-refractivity contribution in [2.24, 2.45) is 0 Å². The predicted molar refractivity (Wildman–Crippen MR) is 62.7 cm³/mol. The van der Waals surface area contributed by atoms with Crippen LogP contribution in [-0.4, -0.2) is 19.4 Å². The summed E-state index contributed by atoms with van der Waals surface area (Å²) in [5.41, 5.74) is 1.13. The number of hydrogen-bond acceptors (Lipinski definition) is 2. The van der Waals surface area contributed by atoms with Crippen molar-refractivity contribution in [3.8, 4) is 0 Å². The standard InChI is InChI=1S/C11H14BrNO/c1-9(14)6-7-13(2)11-5-3-4-10(12)8-11/h3-5,8H,6-7H2,1-2H3. The number of rotatable bonds is 4. The van der Waals surface area contributed by atoms with Crippen LogP contribution in [0.25, 0.3) is 0 Å². The normalized spacial score (nSPS) is 9.93. The van der Waals surface area contributed by atoms with Crippen molar-refractivity contribution in [2.45, 2.75) is 13.3 Å². The summed E-state index contributed by atoms with van der Waals surface area (Å²) >= 11 is 3.42. The molecule has 0 saturated heterocycles. The van der Waals surface area contributed by atoms with Gasteiger partial charge in [-0.3, -0.25) is 4.79 Å². The van der Waals surface area contributed by atoms with E-state index < -0.39 is 0 Å². The smallest absolute Gasteiger partial charge is 0.131 e. The highest BCUT2D eigenvalue weighted by Gasteiger charge is 2.02. The number of nitrogens with zero attached hydrogens (tertiary/aromatic N) is 1. The van der Waals surface area contributed by atoms with E-state index in [0.717, 1.165) is 16.7 Å². The van der Waals surface area contributed by atoms with Gasteiger partial charge >= 0.3 is 0 Å². The molecule has 0 N–H and O–H groups in total. The first-order valence-corrected chi connectivity index (χ1v) is 5.35. The van der Waals surface area contributed by atoms with Gasteiger partial charge in [-0.15, -0.1) is 0 Å². The van der Waals surface area contributed by atoms with Crippen LogP contribution in [0.15, 0.2) is 28.7 Å². The first-order valence-electron chi connectivity index (χ1n) is 4.56. The maximum Gasteiger partial charge on any atom is 0.131 e. The summed E-state index contributed by atoms with van der Waals surface area (Å²) in [6.45, 7) is 2.39. The van der Waals surface area contributed by atoms with Gasteiger partial charge in [-0.1, -0.05) is 22.0 Å². The lowest BCUT2D eigenvalue weighted by Crippen LogP contribution is -2.20. The van der Waals surface area contributed by atoms with Gasteiger partial charge in [0, 0.05) is 30.2 Å². The fourth-order valence-corrected chi connectivity index (χ4v) is 1.55. The molecule has 1 aromatic rings. The molecule has 0 spiro atoms. The zero-order chi connectivity index (χ0) is 10.6. The molecule has 0 unspecified atom stereocenters. The number of carbonyl (C=O) groups is 1. The second-order valence-electron chi connectivity index (χ2n) is 3.35. The fraction of sp³-hybridized carbons (Fsp3) is 0.364. The van der Waals surface area contributed by atoms with Gasteiger partial charge in [0.05, 0.1) is 0 Å². The Labute approximate surface area is 93.0 Å². The Morgan fingerprint density at radius 2 is 2.21 bits per heavy atom. The molecule has 0 fully saturated rings. The summed E-state index contributed by atoms with van der Waals surface area (Å²) in [7, 11) is 1.99. The number of Topliss-reactive ketones (excluding diaryl/α,β-unsaturated/α-hetero) is 1. The number of carbonyl (C=O) groups excluding carboxylic acids is 1. The molecule has 1 aromatic carbocycles. The molecule has 0 saturated carbocycles. The molecule has 0 radical (unpaired) electrons. The molecule has 0 aliphatic heterocycles. The fourth-order valence-electron chi connectivity index (χ4n) is 1.17. The van der Waals surface area contributed by atoms with E-state index in [-0.39, 0.29) is 5.78 Å². The monoisotopic (exact) mass is 255 g/mol. The average Bonchev–Trinajstić information content (AvgIpc) is 2.14. The van der Waals surface area contributed by atoms with Gasteiger partial charge in [-0.05, 0) is 25.1 Å². The summed E-state index contributed by atoms with van der Waals surface area (Å²) in [5.74, 6) is 0.229. The largest absolute Gasteiger partial charge is 0.374 e. The lowest BCUT2D eigenvalue weighted by molar-refractivity contribution is -0.116. The minimum absolute atomic E-state index is 0.229. The molecule has 0 bridgehead atoms. The molecule has 0 atom stereocenters.